The van der Waals surface area contributed by atoms with Crippen molar-refractivity contribution < 1.29 is 4.74 Å². The van der Waals surface area contributed by atoms with Gasteiger partial charge >= 0.3 is 0 Å². The third kappa shape index (κ3) is 2.13. The normalized spacial score (nSPS) is 20.8. The van der Waals surface area contributed by atoms with Gasteiger partial charge in [-0.05, 0) is 28.8 Å². The molecule has 1 aromatic heterocycles. The highest BCUT2D eigenvalue weighted by Gasteiger charge is 2.22. The molecule has 2 rings (SSSR count). The van der Waals surface area contributed by atoms with Crippen LogP contribution >= 0.6 is 15.9 Å². The Bertz CT molecular complexity index is 364. The average Bonchev–Trinajstić information content (AvgIpc) is 2.75. The quantitative estimate of drug-likeness (QED) is 0.893. The number of aryl methyl sites for hydroxylation is 1. The van der Waals surface area contributed by atoms with Gasteiger partial charge in [0.05, 0.1) is 16.8 Å². The summed E-state index contributed by atoms with van der Waals surface area (Å²) in [5, 5.41) is 0. The van der Waals surface area contributed by atoms with Crippen LogP contribution in [0.2, 0.25) is 0 Å². The smallest absolute Gasteiger partial charge is 0.141 e. The fourth-order valence-corrected chi connectivity index (χ4v) is 2.15. The van der Waals surface area contributed by atoms with Crippen molar-refractivity contribution in [1.82, 2.24) is 9.97 Å². The zero-order chi connectivity index (χ0) is 10.8. The molecule has 4 nitrogen and oxygen atoms in total. The predicted molar refractivity (Wildman–Crippen MR) is 61.7 cm³/mol. The summed E-state index contributed by atoms with van der Waals surface area (Å²) in [6.45, 7) is 3.57. The van der Waals surface area contributed by atoms with E-state index in [2.05, 4.69) is 32.8 Å². The lowest BCUT2D eigenvalue weighted by Gasteiger charge is -2.10. The van der Waals surface area contributed by atoms with E-state index < -0.39 is 0 Å². The van der Waals surface area contributed by atoms with Crippen LogP contribution in [0.1, 0.15) is 30.8 Å². The van der Waals surface area contributed by atoms with E-state index in [1.165, 1.54) is 0 Å². The molecule has 15 heavy (non-hydrogen) atoms. The lowest BCUT2D eigenvalue weighted by molar-refractivity contribution is 0.193. The van der Waals surface area contributed by atoms with Gasteiger partial charge in [-0.15, -0.1) is 0 Å². The maximum Gasteiger partial charge on any atom is 0.141 e. The summed E-state index contributed by atoms with van der Waals surface area (Å²) in [5.74, 6) is 1.67. The van der Waals surface area contributed by atoms with Gasteiger partial charge in [0, 0.05) is 12.5 Å². The minimum Gasteiger partial charge on any atom is -0.383 e. The van der Waals surface area contributed by atoms with E-state index in [1.54, 1.807) is 0 Å². The third-order valence-electron chi connectivity index (χ3n) is 2.59. The van der Waals surface area contributed by atoms with Crippen molar-refractivity contribution in [2.45, 2.75) is 25.7 Å². The Labute approximate surface area is 97.4 Å². The van der Waals surface area contributed by atoms with Crippen molar-refractivity contribution in [3.05, 3.63) is 16.0 Å². The fraction of sp³-hybridized carbons (Fsp3) is 0.600. The lowest BCUT2D eigenvalue weighted by Crippen LogP contribution is -2.09. The molecule has 0 amide bonds. The zero-order valence-corrected chi connectivity index (χ0v) is 10.2. The van der Waals surface area contributed by atoms with E-state index in [0.717, 1.165) is 35.4 Å². The van der Waals surface area contributed by atoms with Gasteiger partial charge in [0.15, 0.2) is 0 Å². The van der Waals surface area contributed by atoms with E-state index in [1.807, 2.05) is 0 Å². The highest BCUT2D eigenvalue weighted by atomic mass is 79.9. The molecule has 2 heterocycles. The van der Waals surface area contributed by atoms with Crippen molar-refractivity contribution in [2.24, 2.45) is 0 Å². The van der Waals surface area contributed by atoms with Crippen molar-refractivity contribution in [3.63, 3.8) is 0 Å². The van der Waals surface area contributed by atoms with Crippen LogP contribution in [0.4, 0.5) is 5.82 Å². The van der Waals surface area contributed by atoms with Gasteiger partial charge in [-0.1, -0.05) is 6.92 Å². The SMILES string of the molecule is CCc1nc(C2CCOC2)nc(N)c1Br. The minimum atomic E-state index is 0.311. The molecule has 1 aliphatic rings. The van der Waals surface area contributed by atoms with Crippen molar-refractivity contribution in [3.8, 4) is 0 Å². The molecule has 1 fully saturated rings. The van der Waals surface area contributed by atoms with Crippen molar-refractivity contribution in [1.29, 1.82) is 0 Å². The summed E-state index contributed by atoms with van der Waals surface area (Å²) < 4.78 is 6.15. The topological polar surface area (TPSA) is 61.0 Å². The Kier molecular flexibility index (Phi) is 3.21. The molecular formula is C10H14BrN3O. The van der Waals surface area contributed by atoms with E-state index >= 15 is 0 Å². The minimum absolute atomic E-state index is 0.311. The molecule has 1 atom stereocenters. The van der Waals surface area contributed by atoms with E-state index in [-0.39, 0.29) is 0 Å². The number of aromatic nitrogens is 2. The number of ether oxygens (including phenoxy) is 1. The number of halogens is 1. The van der Waals surface area contributed by atoms with Gasteiger partial charge in [-0.3, -0.25) is 0 Å². The van der Waals surface area contributed by atoms with Crippen LogP contribution in [-0.4, -0.2) is 23.2 Å². The van der Waals surface area contributed by atoms with Gasteiger partial charge in [0.1, 0.15) is 11.6 Å². The number of nitrogens with two attached hydrogens (primary N) is 1. The second kappa shape index (κ2) is 4.45. The van der Waals surface area contributed by atoms with E-state index in [0.29, 0.717) is 18.3 Å². The van der Waals surface area contributed by atoms with E-state index in [9.17, 15) is 0 Å². The van der Waals surface area contributed by atoms with Crippen LogP contribution in [0, 0.1) is 0 Å². The molecule has 5 heteroatoms. The molecule has 2 N–H and O–H groups in total. The first-order valence-corrected chi connectivity index (χ1v) is 5.91. The zero-order valence-electron chi connectivity index (χ0n) is 8.66. The first-order valence-electron chi connectivity index (χ1n) is 5.12. The molecule has 0 saturated carbocycles. The Morgan fingerprint density at radius 2 is 2.33 bits per heavy atom. The first-order chi connectivity index (χ1) is 7.22. The average molecular weight is 272 g/mol. The molecule has 0 aliphatic carbocycles. The van der Waals surface area contributed by atoms with Gasteiger partial charge in [0.25, 0.3) is 0 Å². The molecule has 0 aromatic carbocycles. The second-order valence-corrected chi connectivity index (χ2v) is 4.43. The molecule has 1 aromatic rings. The van der Waals surface area contributed by atoms with Crippen LogP contribution < -0.4 is 5.73 Å². The van der Waals surface area contributed by atoms with Crippen LogP contribution in [0.3, 0.4) is 0 Å². The molecule has 1 aliphatic heterocycles. The van der Waals surface area contributed by atoms with Gasteiger partial charge in [-0.2, -0.15) is 0 Å². The number of anilines is 1. The van der Waals surface area contributed by atoms with Crippen LogP contribution in [0.5, 0.6) is 0 Å². The Morgan fingerprint density at radius 1 is 1.53 bits per heavy atom. The maximum atomic E-state index is 5.83. The largest absolute Gasteiger partial charge is 0.383 e. The lowest BCUT2D eigenvalue weighted by atomic mass is 10.1. The standard InChI is InChI=1S/C10H14BrN3O/c1-2-7-8(11)9(12)14-10(13-7)6-3-4-15-5-6/h6H,2-5H2,1H3,(H2,12,13,14). The van der Waals surface area contributed by atoms with Crippen molar-refractivity contribution in [2.75, 3.05) is 18.9 Å². The monoisotopic (exact) mass is 271 g/mol. The van der Waals surface area contributed by atoms with Crippen LogP contribution in [-0.2, 0) is 11.2 Å². The third-order valence-corrected chi connectivity index (χ3v) is 3.46. The fourth-order valence-electron chi connectivity index (χ4n) is 1.69. The summed E-state index contributed by atoms with van der Waals surface area (Å²) in [7, 11) is 0. The summed E-state index contributed by atoms with van der Waals surface area (Å²) in [5.41, 5.74) is 6.80. The second-order valence-electron chi connectivity index (χ2n) is 3.64. The number of rotatable bonds is 2. The molecule has 1 saturated heterocycles. The summed E-state index contributed by atoms with van der Waals surface area (Å²) in [6.07, 6.45) is 1.85. The highest BCUT2D eigenvalue weighted by Crippen LogP contribution is 2.27. The van der Waals surface area contributed by atoms with E-state index in [4.69, 9.17) is 10.5 Å². The van der Waals surface area contributed by atoms with Gasteiger partial charge in [0.2, 0.25) is 0 Å². The Hall–Kier alpha value is -0.680. The van der Waals surface area contributed by atoms with Crippen LogP contribution in [0.25, 0.3) is 0 Å². The summed E-state index contributed by atoms with van der Waals surface area (Å²) in [6, 6.07) is 0. The van der Waals surface area contributed by atoms with Crippen LogP contribution in [0.15, 0.2) is 4.47 Å². The molecule has 82 valence electrons. The molecule has 1 unspecified atom stereocenters. The van der Waals surface area contributed by atoms with Crippen molar-refractivity contribution >= 4 is 21.7 Å². The number of hydrogen-bond donors (Lipinski definition) is 1. The molecule has 0 spiro atoms. The molecular weight excluding hydrogens is 258 g/mol. The predicted octanol–water partition coefficient (Wildman–Crippen LogP) is 1.89. The number of hydrogen-bond acceptors (Lipinski definition) is 4. The maximum absolute atomic E-state index is 5.83. The van der Waals surface area contributed by atoms with Gasteiger partial charge < -0.3 is 10.5 Å². The Morgan fingerprint density at radius 3 is 2.93 bits per heavy atom. The first kappa shape index (κ1) is 10.8. The van der Waals surface area contributed by atoms with Gasteiger partial charge in [-0.25, -0.2) is 9.97 Å². The number of nitrogens with zero attached hydrogens (tertiary/aromatic N) is 2. The highest BCUT2D eigenvalue weighted by molar-refractivity contribution is 9.10. The number of nitrogen functional groups attached to an aromatic ring is 1. The Balaban J connectivity index is 2.35. The summed E-state index contributed by atoms with van der Waals surface area (Å²) >= 11 is 3.40. The summed E-state index contributed by atoms with van der Waals surface area (Å²) in [4.78, 5) is 8.82. The molecule has 0 radical (unpaired) electrons. The molecule has 0 bridgehead atoms.